The lowest BCUT2D eigenvalue weighted by molar-refractivity contribution is 0.168. The number of piperazine rings is 1. The predicted octanol–water partition coefficient (Wildman–Crippen LogP) is 2.12. The summed E-state index contributed by atoms with van der Waals surface area (Å²) in [6.45, 7) is 8.93. The molecular formula is C15H24N2O. The fourth-order valence-electron chi connectivity index (χ4n) is 2.46. The second-order valence-corrected chi connectivity index (χ2v) is 5.39. The van der Waals surface area contributed by atoms with Crippen LogP contribution in [-0.4, -0.2) is 37.7 Å². The van der Waals surface area contributed by atoms with Crippen LogP contribution < -0.4 is 10.1 Å². The molecule has 0 aliphatic carbocycles. The number of rotatable bonds is 4. The molecule has 1 fully saturated rings. The van der Waals surface area contributed by atoms with Crippen molar-refractivity contribution in [2.24, 2.45) is 5.92 Å². The maximum atomic E-state index is 5.27. The van der Waals surface area contributed by atoms with Crippen LogP contribution in [0.4, 0.5) is 0 Å². The Kier molecular flexibility index (Phi) is 4.61. The normalized spacial score (nSPS) is 21.2. The van der Waals surface area contributed by atoms with E-state index >= 15 is 0 Å². The molecule has 1 saturated heterocycles. The molecule has 3 nitrogen and oxygen atoms in total. The van der Waals surface area contributed by atoms with Crippen molar-refractivity contribution in [3.05, 3.63) is 29.8 Å². The van der Waals surface area contributed by atoms with E-state index in [1.165, 1.54) is 5.56 Å². The minimum Gasteiger partial charge on any atom is -0.497 e. The Balaban J connectivity index is 1.95. The van der Waals surface area contributed by atoms with Crippen molar-refractivity contribution in [2.45, 2.75) is 26.4 Å². The molecule has 3 heteroatoms. The highest BCUT2D eigenvalue weighted by Gasteiger charge is 2.21. The molecule has 1 aliphatic heterocycles. The highest BCUT2D eigenvalue weighted by Crippen LogP contribution is 2.16. The maximum Gasteiger partial charge on any atom is 0.119 e. The molecule has 100 valence electrons. The first-order chi connectivity index (χ1) is 8.69. The van der Waals surface area contributed by atoms with Gasteiger partial charge in [0.1, 0.15) is 5.75 Å². The van der Waals surface area contributed by atoms with Gasteiger partial charge in [-0.2, -0.15) is 0 Å². The smallest absolute Gasteiger partial charge is 0.119 e. The van der Waals surface area contributed by atoms with Gasteiger partial charge in [0.2, 0.25) is 0 Å². The highest BCUT2D eigenvalue weighted by atomic mass is 16.5. The molecular weight excluding hydrogens is 224 g/mol. The second kappa shape index (κ2) is 6.21. The standard InChI is InChI=1S/C15H24N2O/c1-12(2)15-11-17(8-7-16-15)10-13-5-4-6-14(9-13)18-3/h4-6,9,12,15-16H,7-8,10-11H2,1-3H3. The van der Waals surface area contributed by atoms with Crippen molar-refractivity contribution in [3.8, 4) is 5.75 Å². The molecule has 1 N–H and O–H groups in total. The Morgan fingerprint density at radius 1 is 1.44 bits per heavy atom. The second-order valence-electron chi connectivity index (χ2n) is 5.39. The van der Waals surface area contributed by atoms with Crippen LogP contribution in [0.15, 0.2) is 24.3 Å². The summed E-state index contributed by atoms with van der Waals surface area (Å²) in [5.41, 5.74) is 1.33. The Hall–Kier alpha value is -1.06. The summed E-state index contributed by atoms with van der Waals surface area (Å²) in [6, 6.07) is 8.99. The van der Waals surface area contributed by atoms with E-state index in [0.717, 1.165) is 31.9 Å². The van der Waals surface area contributed by atoms with E-state index in [2.05, 4.69) is 42.3 Å². The summed E-state index contributed by atoms with van der Waals surface area (Å²) < 4.78 is 5.27. The van der Waals surface area contributed by atoms with E-state index < -0.39 is 0 Å². The largest absolute Gasteiger partial charge is 0.497 e. The molecule has 18 heavy (non-hydrogen) atoms. The van der Waals surface area contributed by atoms with E-state index in [9.17, 15) is 0 Å². The van der Waals surface area contributed by atoms with E-state index in [-0.39, 0.29) is 0 Å². The molecule has 0 radical (unpaired) electrons. The van der Waals surface area contributed by atoms with Gasteiger partial charge in [-0.15, -0.1) is 0 Å². The molecule has 1 atom stereocenters. The van der Waals surface area contributed by atoms with Crippen LogP contribution in [0, 0.1) is 5.92 Å². The van der Waals surface area contributed by atoms with Crippen LogP contribution in [0.5, 0.6) is 5.75 Å². The lowest BCUT2D eigenvalue weighted by Crippen LogP contribution is -2.52. The predicted molar refractivity (Wildman–Crippen MR) is 74.9 cm³/mol. The van der Waals surface area contributed by atoms with Gasteiger partial charge in [-0.25, -0.2) is 0 Å². The fraction of sp³-hybridized carbons (Fsp3) is 0.600. The summed E-state index contributed by atoms with van der Waals surface area (Å²) in [4.78, 5) is 2.52. The van der Waals surface area contributed by atoms with E-state index in [4.69, 9.17) is 4.74 Å². The SMILES string of the molecule is COc1cccc(CN2CCNC(C(C)C)C2)c1. The van der Waals surface area contributed by atoms with Crippen LogP contribution >= 0.6 is 0 Å². The minimum absolute atomic E-state index is 0.615. The Morgan fingerprint density at radius 2 is 2.28 bits per heavy atom. The minimum atomic E-state index is 0.615. The van der Waals surface area contributed by atoms with Gasteiger partial charge >= 0.3 is 0 Å². The molecule has 0 aromatic heterocycles. The van der Waals surface area contributed by atoms with Crippen LogP contribution in [0.1, 0.15) is 19.4 Å². The van der Waals surface area contributed by atoms with Crippen molar-refractivity contribution in [3.63, 3.8) is 0 Å². The number of ether oxygens (including phenoxy) is 1. The monoisotopic (exact) mass is 248 g/mol. The lowest BCUT2D eigenvalue weighted by Gasteiger charge is -2.35. The van der Waals surface area contributed by atoms with Gasteiger partial charge in [-0.1, -0.05) is 26.0 Å². The van der Waals surface area contributed by atoms with Gasteiger partial charge in [0.15, 0.2) is 0 Å². The Bertz CT molecular complexity index is 379. The average Bonchev–Trinajstić information content (AvgIpc) is 2.39. The molecule has 0 saturated carbocycles. The zero-order chi connectivity index (χ0) is 13.0. The number of benzene rings is 1. The third-order valence-corrected chi connectivity index (χ3v) is 3.63. The Morgan fingerprint density at radius 3 is 3.00 bits per heavy atom. The molecule has 1 aliphatic rings. The van der Waals surface area contributed by atoms with Gasteiger partial charge in [-0.3, -0.25) is 4.90 Å². The summed E-state index contributed by atoms with van der Waals surface area (Å²) in [7, 11) is 1.72. The van der Waals surface area contributed by atoms with E-state index in [0.29, 0.717) is 12.0 Å². The van der Waals surface area contributed by atoms with Crippen molar-refractivity contribution in [1.82, 2.24) is 10.2 Å². The Labute approximate surface area is 110 Å². The first-order valence-electron chi connectivity index (χ1n) is 6.77. The number of nitrogens with one attached hydrogen (secondary N) is 1. The number of nitrogens with zero attached hydrogens (tertiary/aromatic N) is 1. The van der Waals surface area contributed by atoms with Gasteiger partial charge < -0.3 is 10.1 Å². The summed E-state index contributed by atoms with van der Waals surface area (Å²) >= 11 is 0. The van der Waals surface area contributed by atoms with Crippen LogP contribution in [0.25, 0.3) is 0 Å². The molecule has 1 unspecified atom stereocenters. The molecule has 0 amide bonds. The van der Waals surface area contributed by atoms with E-state index in [1.54, 1.807) is 7.11 Å². The summed E-state index contributed by atoms with van der Waals surface area (Å²) in [5.74, 6) is 1.64. The van der Waals surface area contributed by atoms with Crippen molar-refractivity contribution in [2.75, 3.05) is 26.7 Å². The molecule has 1 aromatic rings. The number of methoxy groups -OCH3 is 1. The van der Waals surface area contributed by atoms with Crippen LogP contribution in [0.3, 0.4) is 0 Å². The first kappa shape index (κ1) is 13.4. The third kappa shape index (κ3) is 3.47. The maximum absolute atomic E-state index is 5.27. The zero-order valence-corrected chi connectivity index (χ0v) is 11.6. The number of hydrogen-bond donors (Lipinski definition) is 1. The third-order valence-electron chi connectivity index (χ3n) is 3.63. The van der Waals surface area contributed by atoms with Gasteiger partial charge in [0.25, 0.3) is 0 Å². The lowest BCUT2D eigenvalue weighted by atomic mass is 10.0. The molecule has 1 aromatic carbocycles. The molecule has 2 rings (SSSR count). The van der Waals surface area contributed by atoms with Gasteiger partial charge in [0.05, 0.1) is 7.11 Å². The highest BCUT2D eigenvalue weighted by molar-refractivity contribution is 5.28. The quantitative estimate of drug-likeness (QED) is 0.883. The van der Waals surface area contributed by atoms with Crippen molar-refractivity contribution in [1.29, 1.82) is 0 Å². The first-order valence-corrected chi connectivity index (χ1v) is 6.77. The number of hydrogen-bond acceptors (Lipinski definition) is 3. The summed E-state index contributed by atoms with van der Waals surface area (Å²) in [6.07, 6.45) is 0. The topological polar surface area (TPSA) is 24.5 Å². The van der Waals surface area contributed by atoms with Crippen LogP contribution in [-0.2, 0) is 6.54 Å². The summed E-state index contributed by atoms with van der Waals surface area (Å²) in [5, 5.41) is 3.59. The van der Waals surface area contributed by atoms with Crippen molar-refractivity contribution >= 4 is 0 Å². The van der Waals surface area contributed by atoms with Gasteiger partial charge in [0, 0.05) is 32.2 Å². The van der Waals surface area contributed by atoms with E-state index in [1.807, 2.05) is 6.07 Å². The zero-order valence-electron chi connectivity index (χ0n) is 11.6. The molecule has 0 spiro atoms. The van der Waals surface area contributed by atoms with Crippen LogP contribution in [0.2, 0.25) is 0 Å². The molecule has 1 heterocycles. The fourth-order valence-corrected chi connectivity index (χ4v) is 2.46. The van der Waals surface area contributed by atoms with Crippen molar-refractivity contribution < 1.29 is 4.74 Å². The average molecular weight is 248 g/mol. The van der Waals surface area contributed by atoms with Gasteiger partial charge in [-0.05, 0) is 23.6 Å². The molecule has 0 bridgehead atoms.